The molecule has 0 spiro atoms. The Morgan fingerprint density at radius 3 is 2.68 bits per heavy atom. The Kier molecular flexibility index (Phi) is 4.94. The molecule has 1 amide bonds. The van der Waals surface area contributed by atoms with Crippen LogP contribution in [0.4, 0.5) is 17.5 Å². The number of benzene rings is 1. The summed E-state index contributed by atoms with van der Waals surface area (Å²) in [5.74, 6) is 1.37. The fourth-order valence-electron chi connectivity index (χ4n) is 4.23. The van der Waals surface area contributed by atoms with Gasteiger partial charge in [-0.3, -0.25) is 9.78 Å². The normalized spacial score (nSPS) is 16.3. The van der Waals surface area contributed by atoms with Crippen LogP contribution < -0.4 is 15.1 Å². The van der Waals surface area contributed by atoms with E-state index < -0.39 is 0 Å². The number of rotatable bonds is 4. The van der Waals surface area contributed by atoms with E-state index in [0.29, 0.717) is 18.2 Å². The summed E-state index contributed by atoms with van der Waals surface area (Å²) in [5.41, 5.74) is 3.29. The molecule has 1 fully saturated rings. The van der Waals surface area contributed by atoms with Crippen LogP contribution in [0.25, 0.3) is 10.9 Å². The Hall–Kier alpha value is -3.26. The number of amides is 1. The van der Waals surface area contributed by atoms with Gasteiger partial charge in [-0.1, -0.05) is 18.2 Å². The number of pyridine rings is 1. The van der Waals surface area contributed by atoms with E-state index in [2.05, 4.69) is 27.3 Å². The molecule has 0 atom stereocenters. The summed E-state index contributed by atoms with van der Waals surface area (Å²) in [4.78, 5) is 33.5. The van der Waals surface area contributed by atoms with Crippen molar-refractivity contribution in [1.29, 1.82) is 0 Å². The number of nitrogens with one attached hydrogen (secondary N) is 1. The van der Waals surface area contributed by atoms with E-state index in [9.17, 15) is 4.79 Å². The van der Waals surface area contributed by atoms with Crippen molar-refractivity contribution in [2.24, 2.45) is 0 Å². The Morgan fingerprint density at radius 2 is 1.90 bits per heavy atom. The number of nitrogens with zero attached hydrogens (tertiary/aromatic N) is 6. The van der Waals surface area contributed by atoms with E-state index >= 15 is 0 Å². The van der Waals surface area contributed by atoms with E-state index in [1.54, 1.807) is 0 Å². The van der Waals surface area contributed by atoms with Crippen LogP contribution in [0, 0.1) is 0 Å². The molecule has 0 radical (unpaired) electrons. The lowest BCUT2D eigenvalue weighted by Gasteiger charge is -2.29. The number of carbonyl (C=O) groups excluding carboxylic acids is 1. The number of hydrogen-bond acceptors (Lipinski definition) is 7. The summed E-state index contributed by atoms with van der Waals surface area (Å²) in [5, 5.41) is 4.43. The van der Waals surface area contributed by atoms with Crippen LogP contribution >= 0.6 is 0 Å². The van der Waals surface area contributed by atoms with Crippen LogP contribution in [-0.2, 0) is 6.54 Å². The zero-order valence-electron chi connectivity index (χ0n) is 18.2. The zero-order chi connectivity index (χ0) is 21.5. The van der Waals surface area contributed by atoms with Gasteiger partial charge in [-0.05, 0) is 26.0 Å². The summed E-state index contributed by atoms with van der Waals surface area (Å²) in [7, 11) is 1.98. The molecule has 1 aromatic carbocycles. The van der Waals surface area contributed by atoms with Gasteiger partial charge in [0.05, 0.1) is 23.9 Å². The number of carbonyl (C=O) groups is 1. The van der Waals surface area contributed by atoms with Gasteiger partial charge in [0.15, 0.2) is 0 Å². The van der Waals surface area contributed by atoms with Gasteiger partial charge >= 0.3 is 0 Å². The van der Waals surface area contributed by atoms with Crippen molar-refractivity contribution in [3.63, 3.8) is 0 Å². The minimum atomic E-state index is -0.0185. The Bertz CT molecular complexity index is 1140. The van der Waals surface area contributed by atoms with Gasteiger partial charge in [0.25, 0.3) is 5.91 Å². The summed E-state index contributed by atoms with van der Waals surface area (Å²) in [6.07, 6.45) is 1.86. The van der Waals surface area contributed by atoms with Crippen molar-refractivity contribution in [3.8, 4) is 0 Å². The molecule has 31 heavy (non-hydrogen) atoms. The second-order valence-corrected chi connectivity index (χ2v) is 8.38. The molecule has 5 rings (SSSR count). The summed E-state index contributed by atoms with van der Waals surface area (Å²) < 4.78 is 0. The molecular weight excluding hydrogens is 390 g/mol. The van der Waals surface area contributed by atoms with Gasteiger partial charge in [0.1, 0.15) is 11.5 Å². The van der Waals surface area contributed by atoms with Crippen LogP contribution in [-0.4, -0.2) is 65.0 Å². The Balaban J connectivity index is 1.61. The average Bonchev–Trinajstić information content (AvgIpc) is 3.15. The lowest BCUT2D eigenvalue weighted by molar-refractivity contribution is 0.0726. The highest BCUT2D eigenvalue weighted by molar-refractivity contribution is 5.99. The third-order valence-corrected chi connectivity index (χ3v) is 6.07. The molecule has 8 heteroatoms. The third-order valence-electron chi connectivity index (χ3n) is 6.07. The third kappa shape index (κ3) is 3.46. The highest BCUT2D eigenvalue weighted by Crippen LogP contribution is 2.35. The van der Waals surface area contributed by atoms with E-state index in [1.165, 1.54) is 0 Å². The lowest BCUT2D eigenvalue weighted by atomic mass is 10.2. The van der Waals surface area contributed by atoms with Crippen LogP contribution in [0.5, 0.6) is 0 Å². The topological polar surface area (TPSA) is 77.5 Å². The Labute approximate surface area is 181 Å². The number of piperazine rings is 1. The number of hydrogen-bond donors (Lipinski definition) is 1. The summed E-state index contributed by atoms with van der Waals surface area (Å²) in [6.45, 7) is 7.99. The smallest absolute Gasteiger partial charge is 0.273 e. The average molecular weight is 418 g/mol. The molecule has 2 aromatic heterocycles. The van der Waals surface area contributed by atoms with Crippen molar-refractivity contribution in [3.05, 3.63) is 47.8 Å². The van der Waals surface area contributed by atoms with Gasteiger partial charge in [0.2, 0.25) is 5.95 Å². The molecule has 2 aliphatic rings. The van der Waals surface area contributed by atoms with Crippen molar-refractivity contribution < 1.29 is 4.79 Å². The van der Waals surface area contributed by atoms with Gasteiger partial charge in [0, 0.05) is 50.2 Å². The molecule has 0 aliphatic carbocycles. The zero-order valence-corrected chi connectivity index (χ0v) is 18.2. The van der Waals surface area contributed by atoms with E-state index in [-0.39, 0.29) is 11.9 Å². The second-order valence-electron chi connectivity index (χ2n) is 8.38. The fourth-order valence-corrected chi connectivity index (χ4v) is 4.23. The van der Waals surface area contributed by atoms with Crippen LogP contribution in [0.15, 0.2) is 36.5 Å². The largest absolute Gasteiger partial charge is 0.338 e. The molecule has 2 aliphatic heterocycles. The molecule has 0 bridgehead atoms. The number of anilines is 3. The predicted molar refractivity (Wildman–Crippen MR) is 122 cm³/mol. The molecule has 8 nitrogen and oxygen atoms in total. The lowest BCUT2D eigenvalue weighted by Crippen LogP contribution is -2.44. The number of aromatic nitrogens is 3. The van der Waals surface area contributed by atoms with Crippen molar-refractivity contribution in [1.82, 2.24) is 25.2 Å². The van der Waals surface area contributed by atoms with Gasteiger partial charge < -0.3 is 20.0 Å². The molecule has 1 N–H and O–H groups in total. The van der Waals surface area contributed by atoms with Gasteiger partial charge in [-0.25, -0.2) is 4.98 Å². The maximum absolute atomic E-state index is 13.1. The Morgan fingerprint density at radius 1 is 1.13 bits per heavy atom. The summed E-state index contributed by atoms with van der Waals surface area (Å²) >= 11 is 0. The van der Waals surface area contributed by atoms with Crippen LogP contribution in [0.1, 0.15) is 29.9 Å². The molecule has 0 saturated carbocycles. The molecule has 0 unspecified atom stereocenters. The van der Waals surface area contributed by atoms with Crippen molar-refractivity contribution >= 4 is 34.3 Å². The molecular formula is C23H27N7O. The van der Waals surface area contributed by atoms with E-state index in [1.807, 2.05) is 55.1 Å². The number of para-hydroxylation sites is 1. The molecule has 4 heterocycles. The van der Waals surface area contributed by atoms with Gasteiger partial charge in [-0.2, -0.15) is 4.98 Å². The molecule has 160 valence electrons. The first-order chi connectivity index (χ1) is 15.0. The van der Waals surface area contributed by atoms with Crippen molar-refractivity contribution in [2.75, 3.05) is 43.0 Å². The monoisotopic (exact) mass is 417 g/mol. The minimum absolute atomic E-state index is 0.0185. The first-order valence-electron chi connectivity index (χ1n) is 10.8. The molecule has 1 saturated heterocycles. The van der Waals surface area contributed by atoms with Gasteiger partial charge in [-0.15, -0.1) is 0 Å². The van der Waals surface area contributed by atoms with Crippen LogP contribution in [0.2, 0.25) is 0 Å². The van der Waals surface area contributed by atoms with Crippen LogP contribution in [0.3, 0.4) is 0 Å². The summed E-state index contributed by atoms with van der Waals surface area (Å²) in [6, 6.07) is 10.3. The van der Waals surface area contributed by atoms with Crippen molar-refractivity contribution in [2.45, 2.75) is 26.4 Å². The predicted octanol–water partition coefficient (Wildman–Crippen LogP) is 2.57. The SMILES string of the molecule is CC(C)N1Cc2c(nc(N3CCNCC3)nc2N(C)c2cnc3ccccc3c2)C1=O. The number of fused-ring (bicyclic) bond motifs is 2. The minimum Gasteiger partial charge on any atom is -0.338 e. The second kappa shape index (κ2) is 7.77. The first kappa shape index (κ1) is 19.7. The highest BCUT2D eigenvalue weighted by Gasteiger charge is 2.36. The fraction of sp³-hybridized carbons (Fsp3) is 0.391. The van der Waals surface area contributed by atoms with E-state index in [4.69, 9.17) is 9.97 Å². The first-order valence-corrected chi connectivity index (χ1v) is 10.8. The maximum Gasteiger partial charge on any atom is 0.273 e. The maximum atomic E-state index is 13.1. The quantitative estimate of drug-likeness (QED) is 0.699. The highest BCUT2D eigenvalue weighted by atomic mass is 16.2. The standard InChI is InChI=1S/C23H27N7O/c1-15(2)30-14-18-20(22(30)31)26-23(29-10-8-24-9-11-29)27-21(18)28(3)17-12-16-6-4-5-7-19(16)25-13-17/h4-7,12-13,15,24H,8-11,14H2,1-3H3. The molecule has 3 aromatic rings. The van der Waals surface area contributed by atoms with E-state index in [0.717, 1.165) is 54.2 Å².